The Hall–Kier alpha value is -1.47. The topological polar surface area (TPSA) is 69.6 Å². The van der Waals surface area contributed by atoms with Crippen molar-refractivity contribution < 1.29 is 19.1 Å². The summed E-state index contributed by atoms with van der Waals surface area (Å²) < 4.78 is 13.6. The van der Waals surface area contributed by atoms with E-state index in [1.807, 2.05) is 6.92 Å². The first-order valence-electron chi connectivity index (χ1n) is 6.32. The molecule has 2 unspecified atom stereocenters. The number of amides is 2. The number of hydrogen-bond acceptors (Lipinski definition) is 3. The molecule has 1 aromatic rings. The van der Waals surface area contributed by atoms with Crippen molar-refractivity contribution in [3.05, 3.63) is 29.0 Å². The minimum Gasteiger partial charge on any atom is -0.480 e. The van der Waals surface area contributed by atoms with E-state index in [2.05, 4.69) is 5.32 Å². The first-order chi connectivity index (χ1) is 9.93. The fourth-order valence-corrected chi connectivity index (χ4v) is 3.63. The van der Waals surface area contributed by atoms with Crippen molar-refractivity contribution in [2.45, 2.75) is 24.8 Å². The summed E-state index contributed by atoms with van der Waals surface area (Å²) in [5.74, 6) is -1.38. The molecule has 0 aromatic heterocycles. The van der Waals surface area contributed by atoms with Gasteiger partial charge in [0.05, 0.1) is 11.1 Å². The first kappa shape index (κ1) is 15.9. The molecular formula is C13H14ClFN2O3S. The number of rotatable bonds is 3. The number of nitrogens with zero attached hydrogens (tertiary/aromatic N) is 1. The van der Waals surface area contributed by atoms with Crippen LogP contribution in [0.3, 0.4) is 0 Å². The van der Waals surface area contributed by atoms with Crippen molar-refractivity contribution in [3.8, 4) is 0 Å². The molecule has 2 amide bonds. The first-order valence-corrected chi connectivity index (χ1v) is 7.75. The highest BCUT2D eigenvalue weighted by molar-refractivity contribution is 8.00. The van der Waals surface area contributed by atoms with Crippen molar-refractivity contribution in [2.24, 2.45) is 0 Å². The highest BCUT2D eigenvalue weighted by Crippen LogP contribution is 2.32. The lowest BCUT2D eigenvalue weighted by molar-refractivity contribution is -0.141. The standard InChI is InChI=1S/C13H14ClFN2O3S/c1-2-11-17(10(6-21-11)12(18)19)13(20)16-9-5-7(14)3-4-8(9)15/h3-5,10-11H,2,6H2,1H3,(H,16,20)(H,18,19). The fourth-order valence-electron chi connectivity index (χ4n) is 2.11. The lowest BCUT2D eigenvalue weighted by atomic mass is 10.2. The van der Waals surface area contributed by atoms with Crippen LogP contribution in [0.25, 0.3) is 0 Å². The van der Waals surface area contributed by atoms with Gasteiger partial charge >= 0.3 is 12.0 Å². The zero-order valence-corrected chi connectivity index (χ0v) is 12.7. The Morgan fingerprint density at radius 1 is 1.57 bits per heavy atom. The Morgan fingerprint density at radius 3 is 2.90 bits per heavy atom. The molecule has 0 spiro atoms. The second-order valence-electron chi connectivity index (χ2n) is 4.51. The second-order valence-corrected chi connectivity index (χ2v) is 6.16. The number of hydrogen-bond donors (Lipinski definition) is 2. The van der Waals surface area contributed by atoms with Gasteiger partial charge in [-0.1, -0.05) is 18.5 Å². The molecule has 2 atom stereocenters. The van der Waals surface area contributed by atoms with E-state index in [4.69, 9.17) is 11.6 Å². The summed E-state index contributed by atoms with van der Waals surface area (Å²) in [7, 11) is 0. The zero-order valence-electron chi connectivity index (χ0n) is 11.2. The molecule has 1 aliphatic heterocycles. The summed E-state index contributed by atoms with van der Waals surface area (Å²) in [5.41, 5.74) is -0.0663. The van der Waals surface area contributed by atoms with Gasteiger partial charge < -0.3 is 10.4 Å². The van der Waals surface area contributed by atoms with Gasteiger partial charge in [-0.3, -0.25) is 4.90 Å². The van der Waals surface area contributed by atoms with Crippen molar-refractivity contribution in [1.82, 2.24) is 4.90 Å². The molecule has 1 saturated heterocycles. The molecule has 0 saturated carbocycles. The molecule has 1 fully saturated rings. The van der Waals surface area contributed by atoms with E-state index in [9.17, 15) is 19.1 Å². The van der Waals surface area contributed by atoms with Crippen molar-refractivity contribution >= 4 is 41.1 Å². The lowest BCUT2D eigenvalue weighted by Gasteiger charge is -2.26. The number of halogens is 2. The van der Waals surface area contributed by atoms with Crippen molar-refractivity contribution in [2.75, 3.05) is 11.1 Å². The zero-order chi connectivity index (χ0) is 15.6. The van der Waals surface area contributed by atoms with Gasteiger partial charge in [-0.25, -0.2) is 14.0 Å². The van der Waals surface area contributed by atoms with Crippen LogP contribution in [0.1, 0.15) is 13.3 Å². The molecule has 1 aromatic carbocycles. The third-order valence-electron chi connectivity index (χ3n) is 3.13. The van der Waals surface area contributed by atoms with Crippen LogP contribution in [0.4, 0.5) is 14.9 Å². The van der Waals surface area contributed by atoms with Gasteiger partial charge in [-0.05, 0) is 24.6 Å². The predicted molar refractivity (Wildman–Crippen MR) is 80.2 cm³/mol. The second kappa shape index (κ2) is 6.53. The number of carboxylic acids is 1. The Bertz CT molecular complexity index is 572. The maximum absolute atomic E-state index is 13.6. The quantitative estimate of drug-likeness (QED) is 0.891. The van der Waals surface area contributed by atoms with Crippen LogP contribution in [-0.4, -0.2) is 39.2 Å². The molecule has 8 heteroatoms. The molecule has 0 bridgehead atoms. The van der Waals surface area contributed by atoms with Gasteiger partial charge in [-0.2, -0.15) is 0 Å². The largest absolute Gasteiger partial charge is 0.480 e. The van der Waals surface area contributed by atoms with E-state index in [0.29, 0.717) is 12.2 Å². The number of aliphatic carboxylic acids is 1. The molecular weight excluding hydrogens is 319 g/mol. The van der Waals surface area contributed by atoms with Gasteiger partial charge in [0.15, 0.2) is 0 Å². The summed E-state index contributed by atoms with van der Waals surface area (Å²) in [4.78, 5) is 24.8. The maximum Gasteiger partial charge on any atom is 0.327 e. The molecule has 2 rings (SSSR count). The molecule has 1 aliphatic rings. The van der Waals surface area contributed by atoms with Crippen LogP contribution in [-0.2, 0) is 4.79 Å². The molecule has 21 heavy (non-hydrogen) atoms. The Kier molecular flexibility index (Phi) is 4.95. The molecule has 0 aliphatic carbocycles. The number of carbonyl (C=O) groups excluding carboxylic acids is 1. The number of carboxylic acid groups (broad SMARTS) is 1. The van der Waals surface area contributed by atoms with Gasteiger partial charge in [0.1, 0.15) is 11.9 Å². The number of thioether (sulfide) groups is 1. The van der Waals surface area contributed by atoms with Gasteiger partial charge in [0.2, 0.25) is 0 Å². The van der Waals surface area contributed by atoms with Crippen LogP contribution in [0.15, 0.2) is 18.2 Å². The van der Waals surface area contributed by atoms with Crippen molar-refractivity contribution in [1.29, 1.82) is 0 Å². The normalized spacial score (nSPS) is 21.4. The number of carbonyl (C=O) groups is 2. The molecule has 5 nitrogen and oxygen atoms in total. The minimum atomic E-state index is -1.07. The monoisotopic (exact) mass is 332 g/mol. The van der Waals surface area contributed by atoms with E-state index in [0.717, 1.165) is 6.07 Å². The SMILES string of the molecule is CCC1SCC(C(=O)O)N1C(=O)Nc1cc(Cl)ccc1F. The molecule has 0 radical (unpaired) electrons. The predicted octanol–water partition coefficient (Wildman–Crippen LogP) is 3.25. The van der Waals surface area contributed by atoms with E-state index >= 15 is 0 Å². The number of urea groups is 1. The number of nitrogens with one attached hydrogen (secondary N) is 1. The van der Waals surface area contributed by atoms with Crippen molar-refractivity contribution in [3.63, 3.8) is 0 Å². The fraction of sp³-hybridized carbons (Fsp3) is 0.385. The minimum absolute atomic E-state index is 0.0663. The average Bonchev–Trinajstić information content (AvgIpc) is 2.87. The van der Waals surface area contributed by atoms with E-state index < -0.39 is 23.9 Å². The van der Waals surface area contributed by atoms with Gasteiger partial charge in [0.25, 0.3) is 0 Å². The van der Waals surface area contributed by atoms with Crippen LogP contribution >= 0.6 is 23.4 Å². The number of anilines is 1. The summed E-state index contributed by atoms with van der Waals surface area (Å²) in [6.07, 6.45) is 0.611. The third kappa shape index (κ3) is 3.41. The summed E-state index contributed by atoms with van der Waals surface area (Å²) in [6, 6.07) is 2.24. The summed E-state index contributed by atoms with van der Waals surface area (Å²) in [5, 5.41) is 11.6. The average molecular weight is 333 g/mol. The Labute approximate surface area is 130 Å². The van der Waals surface area contributed by atoms with E-state index in [-0.39, 0.29) is 16.1 Å². The van der Waals surface area contributed by atoms with Gasteiger partial charge in [-0.15, -0.1) is 11.8 Å². The Balaban J connectivity index is 2.21. The van der Waals surface area contributed by atoms with Crippen LogP contribution < -0.4 is 5.32 Å². The highest BCUT2D eigenvalue weighted by atomic mass is 35.5. The summed E-state index contributed by atoms with van der Waals surface area (Å²) >= 11 is 7.16. The van der Waals surface area contributed by atoms with Gasteiger partial charge in [0, 0.05) is 10.8 Å². The highest BCUT2D eigenvalue weighted by Gasteiger charge is 2.41. The van der Waals surface area contributed by atoms with Crippen LogP contribution in [0.5, 0.6) is 0 Å². The Morgan fingerprint density at radius 2 is 2.29 bits per heavy atom. The third-order valence-corrected chi connectivity index (χ3v) is 4.82. The maximum atomic E-state index is 13.6. The molecule has 1 heterocycles. The summed E-state index contributed by atoms with van der Waals surface area (Å²) in [6.45, 7) is 1.86. The number of benzene rings is 1. The lowest BCUT2D eigenvalue weighted by Crippen LogP contribution is -2.47. The smallest absolute Gasteiger partial charge is 0.327 e. The molecule has 2 N–H and O–H groups in total. The molecule has 114 valence electrons. The van der Waals surface area contributed by atoms with Crippen LogP contribution in [0, 0.1) is 5.82 Å². The van der Waals surface area contributed by atoms with E-state index in [1.165, 1.54) is 28.8 Å². The van der Waals surface area contributed by atoms with Crippen LogP contribution in [0.2, 0.25) is 5.02 Å². The van der Waals surface area contributed by atoms with E-state index in [1.54, 1.807) is 0 Å².